The molecule has 0 aliphatic heterocycles. The molecule has 0 radical (unpaired) electrons. The molecular formula is C31H30N6O2. The van der Waals surface area contributed by atoms with Crippen LogP contribution in [0.1, 0.15) is 34.0 Å². The summed E-state index contributed by atoms with van der Waals surface area (Å²) in [4.78, 5) is 29.7. The van der Waals surface area contributed by atoms with Gasteiger partial charge in [0.05, 0.1) is 5.56 Å². The Kier molecular flexibility index (Phi) is 7.65. The zero-order valence-electron chi connectivity index (χ0n) is 21.6. The van der Waals surface area contributed by atoms with Crippen molar-refractivity contribution in [1.82, 2.24) is 14.7 Å². The number of nitrogens with zero attached hydrogens (tertiary/aromatic N) is 2. The smallest absolute Gasteiger partial charge is 0.255 e. The fraction of sp³-hybridized carbons (Fsp3) is 0.129. The minimum atomic E-state index is -0.217. The van der Waals surface area contributed by atoms with E-state index in [9.17, 15) is 9.59 Å². The molecule has 3 aromatic carbocycles. The van der Waals surface area contributed by atoms with E-state index in [-0.39, 0.29) is 11.8 Å². The Hall–Kier alpha value is -4.95. The summed E-state index contributed by atoms with van der Waals surface area (Å²) in [6.45, 7) is 2.89. The summed E-state index contributed by atoms with van der Waals surface area (Å²) in [5.74, 6) is 0.420. The molecule has 196 valence electrons. The number of pyridine rings is 1. The Morgan fingerprint density at radius 1 is 0.846 bits per heavy atom. The van der Waals surface area contributed by atoms with Crippen LogP contribution < -0.4 is 21.7 Å². The predicted octanol–water partition coefficient (Wildman–Crippen LogP) is 4.96. The molecule has 0 unspecified atom stereocenters. The third-order valence-corrected chi connectivity index (χ3v) is 6.36. The van der Waals surface area contributed by atoms with Crippen molar-refractivity contribution in [2.24, 2.45) is 5.73 Å². The molecule has 5 N–H and O–H groups in total. The molecule has 2 heterocycles. The highest BCUT2D eigenvalue weighted by molar-refractivity contribution is 6.01. The van der Waals surface area contributed by atoms with Crippen molar-refractivity contribution >= 4 is 29.0 Å². The van der Waals surface area contributed by atoms with Gasteiger partial charge in [0, 0.05) is 44.0 Å². The molecule has 0 bridgehead atoms. The quantitative estimate of drug-likeness (QED) is 0.220. The van der Waals surface area contributed by atoms with Crippen LogP contribution in [0, 0.1) is 0 Å². The fourth-order valence-corrected chi connectivity index (χ4v) is 4.46. The lowest BCUT2D eigenvalue weighted by Gasteiger charge is -2.11. The summed E-state index contributed by atoms with van der Waals surface area (Å²) in [5, 5.41) is 9.33. The second-order valence-corrected chi connectivity index (χ2v) is 9.23. The zero-order chi connectivity index (χ0) is 27.2. The number of aromatic nitrogens is 2. The lowest BCUT2D eigenvalue weighted by molar-refractivity contribution is -0.114. The molecule has 8 nitrogen and oxygen atoms in total. The van der Waals surface area contributed by atoms with Gasteiger partial charge in [-0.3, -0.25) is 14.0 Å². The van der Waals surface area contributed by atoms with Crippen LogP contribution in [0.4, 0.5) is 11.5 Å². The first-order valence-corrected chi connectivity index (χ1v) is 12.7. The van der Waals surface area contributed by atoms with E-state index in [0.717, 1.165) is 28.1 Å². The molecule has 0 aliphatic carbocycles. The standard InChI is InChI=1S/C31H30N6O2/c1-21(38)35-26-14-12-25(13-15-26)28-30(33-19-22-7-3-2-4-8-22)37-16-6-11-27(29(37)36-28)31(39)34-20-24-10-5-9-23(17-24)18-32/h2-17,33H,18-20,32H2,1H3,(H,34,39)(H,35,38). The highest BCUT2D eigenvalue weighted by atomic mass is 16.2. The third kappa shape index (κ3) is 5.97. The molecule has 0 saturated heterocycles. The molecule has 0 fully saturated rings. The Balaban J connectivity index is 1.49. The van der Waals surface area contributed by atoms with E-state index >= 15 is 0 Å². The van der Waals surface area contributed by atoms with Crippen molar-refractivity contribution in [1.29, 1.82) is 0 Å². The lowest BCUT2D eigenvalue weighted by atomic mass is 10.1. The molecule has 0 atom stereocenters. The number of imidazole rings is 1. The van der Waals surface area contributed by atoms with Crippen LogP contribution in [0.25, 0.3) is 16.9 Å². The minimum absolute atomic E-state index is 0.133. The van der Waals surface area contributed by atoms with Gasteiger partial charge in [-0.1, -0.05) is 66.7 Å². The van der Waals surface area contributed by atoms with Gasteiger partial charge < -0.3 is 21.7 Å². The van der Waals surface area contributed by atoms with Crippen LogP contribution in [0.3, 0.4) is 0 Å². The number of anilines is 2. The molecule has 5 aromatic rings. The average Bonchev–Trinajstić information content (AvgIpc) is 3.34. The summed E-state index contributed by atoms with van der Waals surface area (Å²) < 4.78 is 1.91. The Labute approximate surface area is 226 Å². The summed E-state index contributed by atoms with van der Waals surface area (Å²) >= 11 is 0. The number of benzene rings is 3. The van der Waals surface area contributed by atoms with Crippen LogP contribution in [-0.4, -0.2) is 21.2 Å². The zero-order valence-corrected chi connectivity index (χ0v) is 21.6. The molecule has 8 heteroatoms. The van der Waals surface area contributed by atoms with Gasteiger partial charge in [-0.05, 0) is 41.0 Å². The first-order chi connectivity index (χ1) is 19.0. The molecule has 0 saturated carbocycles. The van der Waals surface area contributed by atoms with E-state index in [1.165, 1.54) is 6.92 Å². The largest absolute Gasteiger partial charge is 0.365 e. The molecule has 2 aromatic heterocycles. The fourth-order valence-electron chi connectivity index (χ4n) is 4.46. The van der Waals surface area contributed by atoms with Gasteiger partial charge >= 0.3 is 0 Å². The van der Waals surface area contributed by atoms with Gasteiger partial charge in [-0.25, -0.2) is 4.98 Å². The molecule has 0 aliphatic rings. The second-order valence-electron chi connectivity index (χ2n) is 9.23. The summed E-state index contributed by atoms with van der Waals surface area (Å²) in [6.07, 6.45) is 1.90. The van der Waals surface area contributed by atoms with Crippen molar-refractivity contribution in [2.75, 3.05) is 10.6 Å². The van der Waals surface area contributed by atoms with Gasteiger partial charge in [0.2, 0.25) is 5.91 Å². The monoisotopic (exact) mass is 518 g/mol. The number of nitrogens with one attached hydrogen (secondary N) is 3. The number of nitrogens with two attached hydrogens (primary N) is 1. The number of amides is 2. The van der Waals surface area contributed by atoms with E-state index < -0.39 is 0 Å². The maximum atomic E-state index is 13.3. The van der Waals surface area contributed by atoms with Crippen LogP contribution in [0.2, 0.25) is 0 Å². The van der Waals surface area contributed by atoms with E-state index in [2.05, 4.69) is 28.1 Å². The van der Waals surface area contributed by atoms with Crippen molar-refractivity contribution in [3.05, 3.63) is 119 Å². The molecule has 0 spiro atoms. The Morgan fingerprint density at radius 2 is 1.59 bits per heavy atom. The number of hydrogen-bond donors (Lipinski definition) is 4. The summed E-state index contributed by atoms with van der Waals surface area (Å²) in [6, 6.07) is 29.1. The number of fused-ring (bicyclic) bond motifs is 1. The Morgan fingerprint density at radius 3 is 2.33 bits per heavy atom. The molecule has 2 amide bonds. The number of rotatable bonds is 9. The lowest BCUT2D eigenvalue weighted by Crippen LogP contribution is -2.23. The normalized spacial score (nSPS) is 10.8. The summed E-state index contributed by atoms with van der Waals surface area (Å²) in [7, 11) is 0. The van der Waals surface area contributed by atoms with Crippen LogP contribution in [0.15, 0.2) is 97.2 Å². The summed E-state index contributed by atoms with van der Waals surface area (Å²) in [5.41, 5.74) is 12.1. The SMILES string of the molecule is CC(=O)Nc1ccc(-c2nc3c(C(=O)NCc4cccc(CN)c4)cccn3c2NCc2ccccc2)cc1. The van der Waals surface area contributed by atoms with Crippen LogP contribution in [0.5, 0.6) is 0 Å². The molecule has 5 rings (SSSR count). The predicted molar refractivity (Wildman–Crippen MR) is 154 cm³/mol. The number of carbonyl (C=O) groups is 2. The molecule has 39 heavy (non-hydrogen) atoms. The maximum absolute atomic E-state index is 13.3. The Bertz CT molecular complexity index is 1610. The van der Waals surface area contributed by atoms with Crippen molar-refractivity contribution in [2.45, 2.75) is 26.6 Å². The van der Waals surface area contributed by atoms with E-state index in [1.54, 1.807) is 6.07 Å². The average molecular weight is 519 g/mol. The van der Waals surface area contributed by atoms with Crippen molar-refractivity contribution < 1.29 is 9.59 Å². The topological polar surface area (TPSA) is 114 Å². The maximum Gasteiger partial charge on any atom is 0.255 e. The molecular weight excluding hydrogens is 488 g/mol. The van der Waals surface area contributed by atoms with Gasteiger partial charge in [0.15, 0.2) is 5.65 Å². The van der Waals surface area contributed by atoms with Crippen molar-refractivity contribution in [3.8, 4) is 11.3 Å². The van der Waals surface area contributed by atoms with Gasteiger partial charge in [0.1, 0.15) is 11.5 Å². The third-order valence-electron chi connectivity index (χ3n) is 6.36. The number of carbonyl (C=O) groups excluding carboxylic acids is 2. The highest BCUT2D eigenvalue weighted by Gasteiger charge is 2.19. The first-order valence-electron chi connectivity index (χ1n) is 12.7. The van der Waals surface area contributed by atoms with E-state index in [4.69, 9.17) is 10.7 Å². The first kappa shape index (κ1) is 25.7. The van der Waals surface area contributed by atoms with Crippen molar-refractivity contribution in [3.63, 3.8) is 0 Å². The minimum Gasteiger partial charge on any atom is -0.365 e. The van der Waals surface area contributed by atoms with E-state index in [0.29, 0.717) is 42.2 Å². The van der Waals surface area contributed by atoms with Crippen LogP contribution in [-0.2, 0) is 24.4 Å². The van der Waals surface area contributed by atoms with Gasteiger partial charge in [-0.15, -0.1) is 0 Å². The van der Waals surface area contributed by atoms with Gasteiger partial charge in [-0.2, -0.15) is 0 Å². The van der Waals surface area contributed by atoms with Gasteiger partial charge in [0.25, 0.3) is 5.91 Å². The highest BCUT2D eigenvalue weighted by Crippen LogP contribution is 2.31. The van der Waals surface area contributed by atoms with Crippen LogP contribution >= 0.6 is 0 Å². The number of hydrogen-bond acceptors (Lipinski definition) is 5. The van der Waals surface area contributed by atoms with E-state index in [1.807, 2.05) is 83.4 Å². The second kappa shape index (κ2) is 11.6.